The predicted molar refractivity (Wildman–Crippen MR) is 150 cm³/mol. The van der Waals surface area contributed by atoms with Crippen molar-refractivity contribution in [1.29, 1.82) is 0 Å². The van der Waals surface area contributed by atoms with Crippen molar-refractivity contribution in [2.45, 2.75) is 19.3 Å². The summed E-state index contributed by atoms with van der Waals surface area (Å²) >= 11 is 5.85. The number of H-pyrrole nitrogens is 1. The highest BCUT2D eigenvalue weighted by atomic mass is 35.5. The number of ether oxygens (including phenoxy) is 1. The van der Waals surface area contributed by atoms with Crippen LogP contribution in [0.5, 0.6) is 5.75 Å². The van der Waals surface area contributed by atoms with Gasteiger partial charge in [0.05, 0.1) is 10.5 Å². The monoisotopic (exact) mass is 597 g/mol. The van der Waals surface area contributed by atoms with Crippen LogP contribution in [0.3, 0.4) is 0 Å². The molecular formula is C27H23ClF3N9O2. The maximum absolute atomic E-state index is 12.4. The van der Waals surface area contributed by atoms with Gasteiger partial charge >= 0.3 is 6.36 Å². The summed E-state index contributed by atoms with van der Waals surface area (Å²) in [4.78, 5) is 21.2. The lowest BCUT2D eigenvalue weighted by molar-refractivity contribution is -0.274. The molecule has 5 aromatic rings. The molecule has 0 bridgehead atoms. The average molecular weight is 598 g/mol. The number of nitrogens with one attached hydrogen (secondary N) is 4. The van der Waals surface area contributed by atoms with Gasteiger partial charge in [0.1, 0.15) is 11.6 Å². The zero-order valence-corrected chi connectivity index (χ0v) is 22.5. The van der Waals surface area contributed by atoms with Gasteiger partial charge in [-0.3, -0.25) is 9.78 Å². The third-order valence-electron chi connectivity index (χ3n) is 6.03. The van der Waals surface area contributed by atoms with Crippen molar-refractivity contribution in [3.8, 4) is 17.1 Å². The number of carbonyl (C=O) groups excluding carboxylic acids is 1. The number of alkyl halides is 3. The molecule has 0 radical (unpaired) electrons. The van der Waals surface area contributed by atoms with E-state index in [0.717, 1.165) is 33.3 Å². The fourth-order valence-corrected chi connectivity index (χ4v) is 4.39. The maximum Gasteiger partial charge on any atom is 0.573 e. The highest BCUT2D eigenvalue weighted by Crippen LogP contribution is 2.32. The van der Waals surface area contributed by atoms with E-state index in [1.165, 1.54) is 24.4 Å². The van der Waals surface area contributed by atoms with Gasteiger partial charge in [-0.1, -0.05) is 29.8 Å². The molecule has 1 amide bonds. The Morgan fingerprint density at radius 2 is 1.95 bits per heavy atom. The number of benzene rings is 2. The van der Waals surface area contributed by atoms with Crippen LogP contribution in [-0.2, 0) is 11.3 Å². The number of anilines is 1. The highest BCUT2D eigenvalue weighted by molar-refractivity contribution is 6.32. The average Bonchev–Trinajstić information content (AvgIpc) is 3.51. The first-order valence-corrected chi connectivity index (χ1v) is 13.0. The van der Waals surface area contributed by atoms with Crippen molar-refractivity contribution in [3.05, 3.63) is 77.7 Å². The van der Waals surface area contributed by atoms with E-state index in [-0.39, 0.29) is 17.5 Å². The van der Waals surface area contributed by atoms with Crippen molar-refractivity contribution < 1.29 is 22.7 Å². The summed E-state index contributed by atoms with van der Waals surface area (Å²) < 4.78 is 40.9. The molecule has 0 aliphatic heterocycles. The van der Waals surface area contributed by atoms with Gasteiger partial charge in [-0.05, 0) is 41.5 Å². The molecule has 3 aromatic heterocycles. The van der Waals surface area contributed by atoms with E-state index >= 15 is 0 Å². The second-order valence-corrected chi connectivity index (χ2v) is 9.35. The normalized spacial score (nSPS) is 11.7. The lowest BCUT2D eigenvalue weighted by Crippen LogP contribution is -2.24. The topological polar surface area (TPSA) is 143 Å². The maximum atomic E-state index is 12.4. The Bertz CT molecular complexity index is 1730. The van der Waals surface area contributed by atoms with Crippen LogP contribution in [0.2, 0.25) is 5.02 Å². The lowest BCUT2D eigenvalue weighted by atomic mass is 10.1. The van der Waals surface area contributed by atoms with Crippen molar-refractivity contribution in [3.63, 3.8) is 0 Å². The largest absolute Gasteiger partial charge is 0.573 e. The van der Waals surface area contributed by atoms with Gasteiger partial charge in [0, 0.05) is 66.0 Å². The van der Waals surface area contributed by atoms with E-state index in [2.05, 4.69) is 46.3 Å². The number of pyridine rings is 2. The fourth-order valence-electron chi connectivity index (χ4n) is 4.14. The van der Waals surface area contributed by atoms with E-state index in [0.29, 0.717) is 36.7 Å². The molecule has 0 atom stereocenters. The zero-order valence-electron chi connectivity index (χ0n) is 21.7. The number of nitrogens with zero attached hydrogens (tertiary/aromatic N) is 5. The molecule has 0 aliphatic rings. The van der Waals surface area contributed by atoms with Crippen LogP contribution in [0.25, 0.3) is 33.1 Å². The smallest absolute Gasteiger partial charge is 0.404 e. The Morgan fingerprint density at radius 1 is 1.07 bits per heavy atom. The zero-order chi connectivity index (χ0) is 29.5. The lowest BCUT2D eigenvalue weighted by Gasteiger charge is -2.12. The molecule has 5 rings (SSSR count). The molecule has 216 valence electrons. The number of rotatable bonds is 11. The van der Waals surface area contributed by atoms with Crippen LogP contribution >= 0.6 is 11.6 Å². The number of tetrazole rings is 1. The number of hydrogen-bond donors (Lipinski definition) is 4. The van der Waals surface area contributed by atoms with Gasteiger partial charge in [-0.15, -0.1) is 23.4 Å². The quantitative estimate of drug-likeness (QED) is 0.0964. The van der Waals surface area contributed by atoms with Gasteiger partial charge in [0.2, 0.25) is 11.7 Å². The summed E-state index contributed by atoms with van der Waals surface area (Å²) in [6.45, 7) is 1.22. The number of aromatic nitrogens is 6. The van der Waals surface area contributed by atoms with Gasteiger partial charge in [-0.25, -0.2) is 4.98 Å². The highest BCUT2D eigenvalue weighted by Gasteiger charge is 2.32. The summed E-state index contributed by atoms with van der Waals surface area (Å²) in [5, 5.41) is 25.8. The molecule has 3 heterocycles. The second-order valence-electron chi connectivity index (χ2n) is 8.95. The molecule has 0 unspecified atom stereocenters. The first-order valence-electron chi connectivity index (χ1n) is 12.6. The summed E-state index contributed by atoms with van der Waals surface area (Å²) in [6.07, 6.45) is 2.09. The number of carbonyl (C=O) groups is 1. The molecule has 2 aromatic carbocycles. The Hall–Kier alpha value is -4.98. The Labute approximate surface area is 241 Å². The Kier molecular flexibility index (Phi) is 8.62. The molecule has 11 nitrogen and oxygen atoms in total. The Balaban J connectivity index is 1.10. The van der Waals surface area contributed by atoms with Crippen LogP contribution in [0, 0.1) is 0 Å². The van der Waals surface area contributed by atoms with E-state index in [4.69, 9.17) is 16.6 Å². The van der Waals surface area contributed by atoms with Crippen molar-refractivity contribution in [1.82, 2.24) is 41.2 Å². The third-order valence-corrected chi connectivity index (χ3v) is 6.32. The van der Waals surface area contributed by atoms with E-state index < -0.39 is 12.1 Å². The van der Waals surface area contributed by atoms with E-state index in [1.807, 2.05) is 24.3 Å². The SMILES string of the molecule is O=C(C=CNCc1ccc(OC(F)(F)F)c(Cl)c1)NCCCNc1nc2cc(-c3nn[nH]n3)ccc2c2cnccc12. The summed E-state index contributed by atoms with van der Waals surface area (Å²) in [7, 11) is 0. The molecule has 0 spiro atoms. The molecule has 0 aliphatic carbocycles. The van der Waals surface area contributed by atoms with Crippen molar-refractivity contribution in [2.24, 2.45) is 0 Å². The van der Waals surface area contributed by atoms with Crippen LogP contribution in [-0.4, -0.2) is 56.0 Å². The number of amides is 1. The van der Waals surface area contributed by atoms with Crippen LogP contribution in [0.15, 0.2) is 67.1 Å². The molecule has 0 fully saturated rings. The summed E-state index contributed by atoms with van der Waals surface area (Å²) in [5.74, 6) is 0.383. The third kappa shape index (κ3) is 7.20. The molecule has 4 N–H and O–H groups in total. The van der Waals surface area contributed by atoms with E-state index in [1.54, 1.807) is 12.4 Å². The van der Waals surface area contributed by atoms with Gasteiger partial charge in [0.25, 0.3) is 0 Å². The van der Waals surface area contributed by atoms with Gasteiger partial charge in [-0.2, -0.15) is 5.21 Å². The van der Waals surface area contributed by atoms with Crippen molar-refractivity contribution in [2.75, 3.05) is 18.4 Å². The summed E-state index contributed by atoms with van der Waals surface area (Å²) in [6, 6.07) is 11.6. The van der Waals surface area contributed by atoms with Gasteiger partial charge in [0.15, 0.2) is 0 Å². The standard InChI is InChI=1S/C27H23ClF3N9O2/c28-21-12-16(2-5-23(21)42-27(29,30)31)14-32-11-7-24(41)34-8-1-9-35-26-19-6-10-33-15-20(19)18-4-3-17(13-22(18)36-26)25-37-39-40-38-25/h2-7,10-13,15,32H,1,8-9,14H2,(H,34,41)(H,35,36)(H,37,38,39,40). The number of aromatic amines is 1. The van der Waals surface area contributed by atoms with Gasteiger partial charge < -0.3 is 20.7 Å². The molecule has 0 saturated heterocycles. The molecular weight excluding hydrogens is 575 g/mol. The number of hydrogen-bond acceptors (Lipinski definition) is 9. The van der Waals surface area contributed by atoms with E-state index in [9.17, 15) is 18.0 Å². The molecule has 0 saturated carbocycles. The fraction of sp³-hybridized carbons (Fsp3) is 0.185. The van der Waals surface area contributed by atoms with Crippen LogP contribution in [0.1, 0.15) is 12.0 Å². The predicted octanol–water partition coefficient (Wildman–Crippen LogP) is 4.74. The number of halogens is 4. The summed E-state index contributed by atoms with van der Waals surface area (Å²) in [5.41, 5.74) is 2.14. The second kappa shape index (κ2) is 12.7. The Morgan fingerprint density at radius 3 is 2.74 bits per heavy atom. The van der Waals surface area contributed by atoms with Crippen LogP contribution in [0.4, 0.5) is 19.0 Å². The number of fused-ring (bicyclic) bond motifs is 3. The molecule has 15 heteroatoms. The molecule has 42 heavy (non-hydrogen) atoms. The first-order chi connectivity index (χ1) is 20.3. The minimum absolute atomic E-state index is 0.167. The minimum atomic E-state index is -4.82. The first kappa shape index (κ1) is 28.5. The van der Waals surface area contributed by atoms with Crippen LogP contribution < -0.4 is 20.7 Å². The van der Waals surface area contributed by atoms with Crippen molar-refractivity contribution >= 4 is 45.0 Å². The minimum Gasteiger partial charge on any atom is -0.404 e.